The Morgan fingerprint density at radius 3 is 2.42 bits per heavy atom. The Hall–Kier alpha value is -1.38. The molecule has 0 fully saturated rings. The van der Waals surface area contributed by atoms with Crippen LogP contribution in [0.4, 0.5) is 0 Å². The summed E-state index contributed by atoms with van der Waals surface area (Å²) in [6.07, 6.45) is 2.27. The number of aliphatic hydroxyl groups is 2. The Morgan fingerprint density at radius 2 is 1.68 bits per heavy atom. The van der Waals surface area contributed by atoms with Crippen LogP contribution in [0.3, 0.4) is 0 Å². The molecule has 1 atom stereocenters. The van der Waals surface area contributed by atoms with Gasteiger partial charge >= 0.3 is 0 Å². The van der Waals surface area contributed by atoms with Gasteiger partial charge in [-0.1, -0.05) is 35.3 Å². The number of hydrogen-bond acceptors (Lipinski definition) is 6. The lowest BCUT2D eigenvalue weighted by molar-refractivity contribution is 0.0393. The maximum absolute atomic E-state index is 10.2. The van der Waals surface area contributed by atoms with E-state index >= 15 is 0 Å². The highest BCUT2D eigenvalue weighted by molar-refractivity contribution is 6.35. The molecule has 172 valence electrons. The highest BCUT2D eigenvalue weighted by Crippen LogP contribution is 2.25. The summed E-state index contributed by atoms with van der Waals surface area (Å²) in [7, 11) is 0. The third-order valence-electron chi connectivity index (χ3n) is 4.82. The lowest BCUT2D eigenvalue weighted by Crippen LogP contribution is -2.22. The zero-order chi connectivity index (χ0) is 22.5. The number of aromatic hydroxyl groups is 1. The maximum atomic E-state index is 10.2. The molecule has 6 nitrogen and oxygen atoms in total. The summed E-state index contributed by atoms with van der Waals surface area (Å²) >= 11 is 12.2. The molecule has 0 saturated carbocycles. The van der Waals surface area contributed by atoms with Crippen LogP contribution in [0.25, 0.3) is 0 Å². The molecule has 31 heavy (non-hydrogen) atoms. The number of unbranched alkanes of at least 4 members (excludes halogenated alkanes) is 2. The van der Waals surface area contributed by atoms with Crippen molar-refractivity contribution >= 4 is 23.2 Å². The summed E-state index contributed by atoms with van der Waals surface area (Å²) in [6.45, 7) is 3.00. The Bertz CT molecular complexity index is 770. The Balaban J connectivity index is 1.44. The SMILES string of the molecule is OCc1cc([C@H](O)CNCCCCCOCCOCc2c(Cl)cccc2Cl)ccc1O. The highest BCUT2D eigenvalue weighted by Gasteiger charge is 2.10. The van der Waals surface area contributed by atoms with E-state index in [1.54, 1.807) is 30.3 Å². The van der Waals surface area contributed by atoms with Crippen LogP contribution in [0.2, 0.25) is 10.0 Å². The largest absolute Gasteiger partial charge is 0.508 e. The van der Waals surface area contributed by atoms with Crippen molar-refractivity contribution in [2.75, 3.05) is 32.9 Å². The minimum atomic E-state index is -0.685. The second-order valence-corrected chi connectivity index (χ2v) is 8.01. The lowest BCUT2D eigenvalue weighted by atomic mass is 10.1. The van der Waals surface area contributed by atoms with Crippen molar-refractivity contribution in [1.29, 1.82) is 0 Å². The molecular weight excluding hydrogens is 441 g/mol. The van der Waals surface area contributed by atoms with Gasteiger partial charge in [0.25, 0.3) is 0 Å². The van der Waals surface area contributed by atoms with Crippen LogP contribution in [-0.4, -0.2) is 48.2 Å². The summed E-state index contributed by atoms with van der Waals surface area (Å²) in [5.41, 5.74) is 1.87. The van der Waals surface area contributed by atoms with Crippen LogP contribution in [0.1, 0.15) is 42.1 Å². The van der Waals surface area contributed by atoms with Gasteiger partial charge in [-0.25, -0.2) is 0 Å². The van der Waals surface area contributed by atoms with Gasteiger partial charge in [0.15, 0.2) is 0 Å². The second kappa shape index (κ2) is 14.6. The van der Waals surface area contributed by atoms with Crippen molar-refractivity contribution in [2.24, 2.45) is 0 Å². The number of phenols is 1. The smallest absolute Gasteiger partial charge is 0.121 e. The zero-order valence-electron chi connectivity index (χ0n) is 17.5. The van der Waals surface area contributed by atoms with Crippen molar-refractivity contribution in [1.82, 2.24) is 5.32 Å². The molecule has 0 bridgehead atoms. The Morgan fingerprint density at radius 1 is 0.935 bits per heavy atom. The van der Waals surface area contributed by atoms with E-state index in [2.05, 4.69) is 5.32 Å². The molecule has 2 aromatic rings. The summed E-state index contributed by atoms with van der Waals surface area (Å²) < 4.78 is 11.1. The van der Waals surface area contributed by atoms with Crippen LogP contribution >= 0.6 is 23.2 Å². The van der Waals surface area contributed by atoms with Gasteiger partial charge in [0, 0.05) is 34.3 Å². The number of aliphatic hydroxyl groups excluding tert-OH is 2. The quantitative estimate of drug-likeness (QED) is 0.290. The average molecular weight is 472 g/mol. The fraction of sp³-hybridized carbons (Fsp3) is 0.478. The van der Waals surface area contributed by atoms with Gasteiger partial charge in [-0.15, -0.1) is 0 Å². The molecule has 2 rings (SSSR count). The van der Waals surface area contributed by atoms with E-state index in [4.69, 9.17) is 32.7 Å². The van der Waals surface area contributed by atoms with E-state index in [9.17, 15) is 15.3 Å². The van der Waals surface area contributed by atoms with Crippen molar-refractivity contribution in [3.63, 3.8) is 0 Å². The monoisotopic (exact) mass is 471 g/mol. The van der Waals surface area contributed by atoms with Gasteiger partial charge in [0.05, 0.1) is 32.5 Å². The maximum Gasteiger partial charge on any atom is 0.121 e. The first-order chi connectivity index (χ1) is 15.0. The first-order valence-electron chi connectivity index (χ1n) is 10.4. The molecule has 0 saturated heterocycles. The van der Waals surface area contributed by atoms with Crippen LogP contribution < -0.4 is 5.32 Å². The van der Waals surface area contributed by atoms with Crippen LogP contribution in [0, 0.1) is 0 Å². The predicted molar refractivity (Wildman–Crippen MR) is 123 cm³/mol. The summed E-state index contributed by atoms with van der Waals surface area (Å²) in [6, 6.07) is 10.1. The van der Waals surface area contributed by atoms with Crippen LogP contribution in [0.5, 0.6) is 5.75 Å². The lowest BCUT2D eigenvalue weighted by Gasteiger charge is -2.14. The van der Waals surface area contributed by atoms with Gasteiger partial charge in [0.2, 0.25) is 0 Å². The number of hydrogen-bond donors (Lipinski definition) is 4. The minimum absolute atomic E-state index is 0.0326. The number of nitrogens with one attached hydrogen (secondary N) is 1. The molecular formula is C23H31Cl2NO5. The number of ether oxygens (including phenoxy) is 2. The van der Waals surface area contributed by atoms with Gasteiger partial charge in [0.1, 0.15) is 5.75 Å². The van der Waals surface area contributed by atoms with Gasteiger partial charge in [-0.2, -0.15) is 0 Å². The van der Waals surface area contributed by atoms with E-state index in [0.29, 0.717) is 54.1 Å². The molecule has 0 aliphatic heterocycles. The normalized spacial score (nSPS) is 12.3. The summed E-state index contributed by atoms with van der Waals surface area (Å²) in [5, 5.41) is 33.4. The van der Waals surface area contributed by atoms with Crippen molar-refractivity contribution in [3.05, 3.63) is 63.1 Å². The summed E-state index contributed by atoms with van der Waals surface area (Å²) in [5.74, 6) is 0.0326. The van der Waals surface area contributed by atoms with Crippen molar-refractivity contribution in [3.8, 4) is 5.75 Å². The topological polar surface area (TPSA) is 91.2 Å². The molecule has 0 spiro atoms. The zero-order valence-corrected chi connectivity index (χ0v) is 19.0. The molecule has 0 heterocycles. The number of rotatable bonds is 15. The molecule has 0 aliphatic carbocycles. The molecule has 0 aromatic heterocycles. The minimum Gasteiger partial charge on any atom is -0.508 e. The van der Waals surface area contributed by atoms with E-state index in [1.807, 2.05) is 0 Å². The van der Waals surface area contributed by atoms with Crippen molar-refractivity contribution in [2.45, 2.75) is 38.6 Å². The second-order valence-electron chi connectivity index (χ2n) is 7.19. The summed E-state index contributed by atoms with van der Waals surface area (Å²) in [4.78, 5) is 0. The Kier molecular flexibility index (Phi) is 12.2. The molecule has 8 heteroatoms. The average Bonchev–Trinajstić information content (AvgIpc) is 2.76. The first-order valence-corrected chi connectivity index (χ1v) is 11.2. The van der Waals surface area contributed by atoms with E-state index in [0.717, 1.165) is 31.4 Å². The third kappa shape index (κ3) is 9.33. The van der Waals surface area contributed by atoms with Crippen LogP contribution in [0.15, 0.2) is 36.4 Å². The first kappa shape index (κ1) is 25.9. The Labute approximate surface area is 193 Å². The molecule has 0 aliphatic rings. The standard InChI is InChI=1S/C23H31Cl2NO5/c24-20-5-4-6-21(25)19(20)16-31-12-11-30-10-3-1-2-9-26-14-23(29)17-7-8-22(28)18(13-17)15-27/h4-8,13,23,26-29H,1-3,9-12,14-16H2/t23-/m1/s1. The highest BCUT2D eigenvalue weighted by atomic mass is 35.5. The van der Waals surface area contributed by atoms with Gasteiger partial charge < -0.3 is 30.1 Å². The third-order valence-corrected chi connectivity index (χ3v) is 5.53. The van der Waals surface area contributed by atoms with E-state index < -0.39 is 6.10 Å². The van der Waals surface area contributed by atoms with Gasteiger partial charge in [-0.05, 0) is 55.6 Å². The fourth-order valence-corrected chi connectivity index (χ4v) is 3.50. The number of benzene rings is 2. The van der Waals surface area contributed by atoms with Crippen molar-refractivity contribution < 1.29 is 24.8 Å². The molecule has 0 unspecified atom stereocenters. The molecule has 0 radical (unpaired) electrons. The fourth-order valence-electron chi connectivity index (χ4n) is 2.99. The molecule has 2 aromatic carbocycles. The van der Waals surface area contributed by atoms with E-state index in [1.165, 1.54) is 6.07 Å². The number of halogens is 2. The molecule has 0 amide bonds. The van der Waals surface area contributed by atoms with E-state index in [-0.39, 0.29) is 12.4 Å². The molecule has 4 N–H and O–H groups in total. The van der Waals surface area contributed by atoms with Gasteiger partial charge in [-0.3, -0.25) is 0 Å². The predicted octanol–water partition coefficient (Wildman–Crippen LogP) is 4.22. The van der Waals surface area contributed by atoms with Crippen LogP contribution in [-0.2, 0) is 22.7 Å².